The van der Waals surface area contributed by atoms with Gasteiger partial charge in [0.2, 0.25) is 5.91 Å². The summed E-state index contributed by atoms with van der Waals surface area (Å²) in [7, 11) is 0. The molecule has 7 heteroatoms. The molecule has 7 nitrogen and oxygen atoms in total. The highest BCUT2D eigenvalue weighted by Crippen LogP contribution is 2.33. The zero-order valence-electron chi connectivity index (χ0n) is 15.2. The van der Waals surface area contributed by atoms with Gasteiger partial charge < -0.3 is 20.3 Å². The molecule has 1 heterocycles. The highest BCUT2D eigenvalue weighted by atomic mass is 16.5. The zero-order chi connectivity index (χ0) is 18.7. The van der Waals surface area contributed by atoms with Crippen molar-refractivity contribution in [3.63, 3.8) is 0 Å². The standard InChI is InChI=1S/C19H25N3O4/c1-3-22(7-6-20-18(24)14-8-12(2)9-14)19(25)13-4-5-15-16(10-13)26-11-17(23)21-15/h4-5,10,12,14H,3,6-9,11H2,1-2H3,(H,20,24)(H,21,23). The number of likely N-dealkylation sites (N-methyl/N-ethyl adjacent to an activating group) is 1. The monoisotopic (exact) mass is 359 g/mol. The predicted octanol–water partition coefficient (Wildman–Crippen LogP) is 1.64. The van der Waals surface area contributed by atoms with Crippen molar-refractivity contribution in [2.24, 2.45) is 11.8 Å². The third-order valence-corrected chi connectivity index (χ3v) is 4.96. The maximum absolute atomic E-state index is 12.7. The average molecular weight is 359 g/mol. The third kappa shape index (κ3) is 3.98. The van der Waals surface area contributed by atoms with Crippen LogP contribution in [0.25, 0.3) is 0 Å². The molecule has 0 saturated heterocycles. The van der Waals surface area contributed by atoms with E-state index in [2.05, 4.69) is 17.6 Å². The van der Waals surface area contributed by atoms with Gasteiger partial charge in [0.25, 0.3) is 11.8 Å². The molecule has 0 aromatic heterocycles. The number of ether oxygens (including phenoxy) is 1. The van der Waals surface area contributed by atoms with E-state index in [1.807, 2.05) is 6.92 Å². The number of rotatable bonds is 6. The molecule has 26 heavy (non-hydrogen) atoms. The van der Waals surface area contributed by atoms with E-state index in [1.54, 1.807) is 23.1 Å². The van der Waals surface area contributed by atoms with E-state index in [0.29, 0.717) is 42.6 Å². The number of carbonyl (C=O) groups is 3. The van der Waals surface area contributed by atoms with Crippen LogP contribution < -0.4 is 15.4 Å². The average Bonchev–Trinajstić information content (AvgIpc) is 2.61. The molecule has 3 rings (SSSR count). The topological polar surface area (TPSA) is 87.7 Å². The van der Waals surface area contributed by atoms with E-state index in [9.17, 15) is 14.4 Å². The molecular weight excluding hydrogens is 334 g/mol. The molecule has 0 unspecified atom stereocenters. The second-order valence-corrected chi connectivity index (χ2v) is 7.00. The van der Waals surface area contributed by atoms with Crippen LogP contribution in [0.5, 0.6) is 5.75 Å². The Kier molecular flexibility index (Phi) is 5.44. The molecule has 1 aromatic rings. The van der Waals surface area contributed by atoms with Crippen LogP contribution in [-0.4, -0.2) is 48.9 Å². The molecule has 140 valence electrons. The van der Waals surface area contributed by atoms with E-state index < -0.39 is 0 Å². The summed E-state index contributed by atoms with van der Waals surface area (Å²) in [4.78, 5) is 37.7. The first-order valence-corrected chi connectivity index (χ1v) is 9.11. The van der Waals surface area contributed by atoms with Crippen molar-refractivity contribution in [1.29, 1.82) is 0 Å². The van der Waals surface area contributed by atoms with Crippen molar-refractivity contribution in [2.75, 3.05) is 31.6 Å². The Morgan fingerprint density at radius 3 is 2.81 bits per heavy atom. The summed E-state index contributed by atoms with van der Waals surface area (Å²) in [6.07, 6.45) is 1.90. The molecular formula is C19H25N3O4. The number of carbonyl (C=O) groups excluding carboxylic acids is 3. The number of hydrogen-bond donors (Lipinski definition) is 2. The normalized spacial score (nSPS) is 20.9. The van der Waals surface area contributed by atoms with Crippen molar-refractivity contribution in [3.8, 4) is 5.75 Å². The summed E-state index contributed by atoms with van der Waals surface area (Å²) in [6.45, 7) is 5.45. The number of anilines is 1. The van der Waals surface area contributed by atoms with E-state index in [4.69, 9.17) is 4.74 Å². The number of benzene rings is 1. The van der Waals surface area contributed by atoms with Gasteiger partial charge in [0.1, 0.15) is 5.75 Å². The van der Waals surface area contributed by atoms with Crippen molar-refractivity contribution in [3.05, 3.63) is 23.8 Å². The molecule has 0 radical (unpaired) electrons. The lowest BCUT2D eigenvalue weighted by atomic mass is 9.76. The first kappa shape index (κ1) is 18.2. The maximum Gasteiger partial charge on any atom is 0.262 e. The van der Waals surface area contributed by atoms with Gasteiger partial charge in [0, 0.05) is 31.1 Å². The van der Waals surface area contributed by atoms with Gasteiger partial charge in [-0.15, -0.1) is 0 Å². The van der Waals surface area contributed by atoms with Crippen LogP contribution in [0.1, 0.15) is 37.0 Å². The second kappa shape index (κ2) is 7.76. The summed E-state index contributed by atoms with van der Waals surface area (Å²) in [5.41, 5.74) is 1.07. The van der Waals surface area contributed by atoms with Crippen LogP contribution in [0.4, 0.5) is 5.69 Å². The summed E-state index contributed by atoms with van der Waals surface area (Å²) in [5, 5.41) is 5.63. The number of nitrogens with one attached hydrogen (secondary N) is 2. The van der Waals surface area contributed by atoms with Crippen molar-refractivity contribution < 1.29 is 19.1 Å². The van der Waals surface area contributed by atoms with Gasteiger partial charge in [0.05, 0.1) is 5.69 Å². The summed E-state index contributed by atoms with van der Waals surface area (Å²) in [5.74, 6) is 1.02. The maximum atomic E-state index is 12.7. The van der Waals surface area contributed by atoms with Crippen LogP contribution in [0.3, 0.4) is 0 Å². The van der Waals surface area contributed by atoms with Crippen molar-refractivity contribution in [2.45, 2.75) is 26.7 Å². The molecule has 2 aliphatic rings. The Morgan fingerprint density at radius 1 is 1.35 bits per heavy atom. The molecule has 0 spiro atoms. The largest absolute Gasteiger partial charge is 0.482 e. The molecule has 0 atom stereocenters. The summed E-state index contributed by atoms with van der Waals surface area (Å²) >= 11 is 0. The van der Waals surface area contributed by atoms with Crippen LogP contribution in [0.2, 0.25) is 0 Å². The minimum atomic E-state index is -0.205. The van der Waals surface area contributed by atoms with Crippen LogP contribution in [0, 0.1) is 11.8 Å². The lowest BCUT2D eigenvalue weighted by Crippen LogP contribution is -2.42. The Morgan fingerprint density at radius 2 is 2.12 bits per heavy atom. The van der Waals surface area contributed by atoms with Crippen LogP contribution in [0.15, 0.2) is 18.2 Å². The fraction of sp³-hybridized carbons (Fsp3) is 0.526. The first-order valence-electron chi connectivity index (χ1n) is 9.11. The number of hydrogen-bond acceptors (Lipinski definition) is 4. The molecule has 1 aromatic carbocycles. The zero-order valence-corrected chi connectivity index (χ0v) is 15.2. The van der Waals surface area contributed by atoms with Gasteiger partial charge >= 0.3 is 0 Å². The summed E-state index contributed by atoms with van der Waals surface area (Å²) in [6, 6.07) is 4.99. The minimum Gasteiger partial charge on any atom is -0.482 e. The number of nitrogens with zero attached hydrogens (tertiary/aromatic N) is 1. The van der Waals surface area contributed by atoms with Gasteiger partial charge in [0.15, 0.2) is 6.61 Å². The number of fused-ring (bicyclic) bond motifs is 1. The van der Waals surface area contributed by atoms with Gasteiger partial charge in [-0.3, -0.25) is 14.4 Å². The van der Waals surface area contributed by atoms with Gasteiger partial charge in [-0.1, -0.05) is 6.92 Å². The third-order valence-electron chi connectivity index (χ3n) is 4.96. The quantitative estimate of drug-likeness (QED) is 0.808. The Hall–Kier alpha value is -2.57. The Bertz CT molecular complexity index is 713. The van der Waals surface area contributed by atoms with Gasteiger partial charge in [-0.05, 0) is 43.9 Å². The van der Waals surface area contributed by atoms with E-state index in [0.717, 1.165) is 12.8 Å². The van der Waals surface area contributed by atoms with E-state index >= 15 is 0 Å². The second-order valence-electron chi connectivity index (χ2n) is 7.00. The molecule has 1 saturated carbocycles. The Balaban J connectivity index is 1.55. The highest BCUT2D eigenvalue weighted by molar-refractivity contribution is 5.99. The molecule has 1 aliphatic carbocycles. The molecule has 3 amide bonds. The predicted molar refractivity (Wildman–Crippen MR) is 97.0 cm³/mol. The first-order chi connectivity index (χ1) is 12.5. The minimum absolute atomic E-state index is 0.0477. The highest BCUT2D eigenvalue weighted by Gasteiger charge is 2.31. The fourth-order valence-electron chi connectivity index (χ4n) is 3.37. The number of amides is 3. The summed E-state index contributed by atoms with van der Waals surface area (Å²) < 4.78 is 5.37. The van der Waals surface area contributed by atoms with Crippen LogP contribution >= 0.6 is 0 Å². The molecule has 1 aliphatic heterocycles. The molecule has 2 N–H and O–H groups in total. The lowest BCUT2D eigenvalue weighted by Gasteiger charge is -2.31. The fourth-order valence-corrected chi connectivity index (χ4v) is 3.37. The van der Waals surface area contributed by atoms with E-state index in [1.165, 1.54) is 0 Å². The van der Waals surface area contributed by atoms with Crippen molar-refractivity contribution in [1.82, 2.24) is 10.2 Å². The molecule has 0 bridgehead atoms. The van der Waals surface area contributed by atoms with E-state index in [-0.39, 0.29) is 30.2 Å². The molecule has 1 fully saturated rings. The van der Waals surface area contributed by atoms with Gasteiger partial charge in [-0.2, -0.15) is 0 Å². The van der Waals surface area contributed by atoms with Gasteiger partial charge in [-0.25, -0.2) is 0 Å². The van der Waals surface area contributed by atoms with Crippen LogP contribution in [-0.2, 0) is 9.59 Å². The lowest BCUT2D eigenvalue weighted by molar-refractivity contribution is -0.128. The Labute approximate surface area is 153 Å². The smallest absolute Gasteiger partial charge is 0.262 e. The van der Waals surface area contributed by atoms with Crippen molar-refractivity contribution >= 4 is 23.4 Å². The SMILES string of the molecule is CCN(CCNC(=O)C1CC(C)C1)C(=O)c1ccc2c(c1)OCC(=O)N2.